The molecule has 5 nitrogen and oxygen atoms in total. The number of nitrogens with one attached hydrogen (secondary N) is 1. The average molecular weight is 408 g/mol. The molecular formula is C16H13IN2O3. The van der Waals surface area contributed by atoms with Gasteiger partial charge in [0.15, 0.2) is 6.61 Å². The van der Waals surface area contributed by atoms with Crippen molar-refractivity contribution in [3.05, 3.63) is 52.1 Å². The van der Waals surface area contributed by atoms with E-state index in [1.54, 1.807) is 12.1 Å². The average Bonchev–Trinajstić information content (AvgIpc) is 2.53. The molecule has 0 radical (unpaired) electrons. The van der Waals surface area contributed by atoms with Crippen LogP contribution in [-0.2, 0) is 9.59 Å². The molecule has 0 spiro atoms. The van der Waals surface area contributed by atoms with Gasteiger partial charge in [-0.05, 0) is 46.9 Å². The van der Waals surface area contributed by atoms with Gasteiger partial charge in [0.25, 0.3) is 5.91 Å². The fraction of sp³-hybridized carbons (Fsp3) is 0.125. The van der Waals surface area contributed by atoms with E-state index >= 15 is 0 Å². The summed E-state index contributed by atoms with van der Waals surface area (Å²) in [5, 5.41) is 2.75. The van der Waals surface area contributed by atoms with Crippen LogP contribution in [0.15, 0.2) is 48.5 Å². The molecule has 0 aliphatic carbocycles. The summed E-state index contributed by atoms with van der Waals surface area (Å²) >= 11 is 2.15. The number of amides is 2. The lowest BCUT2D eigenvalue weighted by Crippen LogP contribution is -2.44. The highest BCUT2D eigenvalue weighted by molar-refractivity contribution is 14.1. The fourth-order valence-electron chi connectivity index (χ4n) is 2.23. The van der Waals surface area contributed by atoms with Crippen molar-refractivity contribution in [1.82, 2.24) is 0 Å². The highest BCUT2D eigenvalue weighted by atomic mass is 127. The van der Waals surface area contributed by atoms with Crippen molar-refractivity contribution in [2.24, 2.45) is 0 Å². The molecule has 0 bridgehead atoms. The third-order valence-corrected chi connectivity index (χ3v) is 4.15. The van der Waals surface area contributed by atoms with Gasteiger partial charge in [0, 0.05) is 0 Å². The van der Waals surface area contributed by atoms with Gasteiger partial charge in [-0.3, -0.25) is 14.5 Å². The number of carbonyl (C=O) groups excluding carboxylic acids is 2. The van der Waals surface area contributed by atoms with E-state index in [2.05, 4.69) is 27.9 Å². The quantitative estimate of drug-likeness (QED) is 0.795. The van der Waals surface area contributed by atoms with E-state index in [0.29, 0.717) is 17.1 Å². The monoisotopic (exact) mass is 408 g/mol. The summed E-state index contributed by atoms with van der Waals surface area (Å²) in [5.74, 6) is 0.203. The summed E-state index contributed by atoms with van der Waals surface area (Å²) in [6.07, 6.45) is 0. The highest BCUT2D eigenvalue weighted by Crippen LogP contribution is 2.29. The molecule has 0 saturated carbocycles. The first-order valence-corrected chi connectivity index (χ1v) is 7.79. The molecule has 2 aromatic carbocycles. The number of halogens is 1. The smallest absolute Gasteiger partial charge is 0.265 e. The largest absolute Gasteiger partial charge is 0.483 e. The fourth-order valence-corrected chi connectivity index (χ4v) is 2.78. The maximum absolute atomic E-state index is 12.4. The van der Waals surface area contributed by atoms with Crippen molar-refractivity contribution in [1.29, 1.82) is 0 Å². The first-order chi connectivity index (χ1) is 10.6. The van der Waals surface area contributed by atoms with E-state index in [0.717, 1.165) is 3.57 Å². The van der Waals surface area contributed by atoms with Crippen LogP contribution in [0, 0.1) is 3.57 Å². The van der Waals surface area contributed by atoms with Gasteiger partial charge in [-0.15, -0.1) is 0 Å². The zero-order valence-corrected chi connectivity index (χ0v) is 13.7. The van der Waals surface area contributed by atoms with Gasteiger partial charge in [0.1, 0.15) is 12.3 Å². The molecule has 2 amide bonds. The molecule has 22 heavy (non-hydrogen) atoms. The minimum absolute atomic E-state index is 0.00505. The van der Waals surface area contributed by atoms with Gasteiger partial charge < -0.3 is 10.1 Å². The van der Waals surface area contributed by atoms with Crippen molar-refractivity contribution < 1.29 is 14.3 Å². The predicted octanol–water partition coefficient (Wildman–Crippen LogP) is 2.66. The van der Waals surface area contributed by atoms with Crippen molar-refractivity contribution >= 4 is 45.8 Å². The van der Waals surface area contributed by atoms with E-state index < -0.39 is 0 Å². The molecule has 1 aliphatic rings. The molecule has 1 N–H and O–H groups in total. The SMILES string of the molecule is O=C1CN(C(=O)COc2ccccc2I)c2ccccc2N1. The van der Waals surface area contributed by atoms with Gasteiger partial charge >= 0.3 is 0 Å². The summed E-state index contributed by atoms with van der Waals surface area (Å²) < 4.78 is 6.51. The molecule has 0 atom stereocenters. The van der Waals surface area contributed by atoms with Crippen molar-refractivity contribution in [3.8, 4) is 5.75 Å². The Bertz CT molecular complexity index is 733. The molecule has 1 heterocycles. The van der Waals surface area contributed by atoms with E-state index in [4.69, 9.17) is 4.74 Å². The number of hydrogen-bond acceptors (Lipinski definition) is 3. The number of benzene rings is 2. The van der Waals surface area contributed by atoms with Gasteiger partial charge in [-0.25, -0.2) is 0 Å². The number of para-hydroxylation sites is 3. The number of rotatable bonds is 3. The van der Waals surface area contributed by atoms with Crippen molar-refractivity contribution in [2.75, 3.05) is 23.4 Å². The minimum Gasteiger partial charge on any atom is -0.483 e. The highest BCUT2D eigenvalue weighted by Gasteiger charge is 2.26. The predicted molar refractivity (Wildman–Crippen MR) is 92.1 cm³/mol. The van der Waals surface area contributed by atoms with Gasteiger partial charge in [0.2, 0.25) is 5.91 Å². The van der Waals surface area contributed by atoms with Crippen LogP contribution < -0.4 is 15.0 Å². The summed E-state index contributed by atoms with van der Waals surface area (Å²) in [5.41, 5.74) is 1.33. The Hall–Kier alpha value is -2.09. The molecule has 1 aliphatic heterocycles. The van der Waals surface area contributed by atoms with Gasteiger partial charge in [-0.2, -0.15) is 0 Å². The first kappa shape index (κ1) is 14.8. The Balaban J connectivity index is 1.75. The molecule has 0 aromatic heterocycles. The summed E-state index contributed by atoms with van der Waals surface area (Å²) in [6.45, 7) is -0.104. The number of fused-ring (bicyclic) bond motifs is 1. The van der Waals surface area contributed by atoms with Crippen LogP contribution in [-0.4, -0.2) is 25.0 Å². The maximum atomic E-state index is 12.4. The Morgan fingerprint density at radius 2 is 1.91 bits per heavy atom. The van der Waals surface area contributed by atoms with Gasteiger partial charge in [0.05, 0.1) is 14.9 Å². The third kappa shape index (κ3) is 3.06. The second-order valence-corrected chi connectivity index (χ2v) is 5.93. The summed E-state index contributed by atoms with van der Waals surface area (Å²) in [4.78, 5) is 25.6. The van der Waals surface area contributed by atoms with E-state index in [1.165, 1.54) is 4.90 Å². The molecule has 2 aromatic rings. The molecule has 0 fully saturated rings. The van der Waals surface area contributed by atoms with Crippen LogP contribution in [0.4, 0.5) is 11.4 Å². The van der Waals surface area contributed by atoms with E-state index in [-0.39, 0.29) is 25.0 Å². The molecule has 3 rings (SSSR count). The topological polar surface area (TPSA) is 58.6 Å². The number of ether oxygens (including phenoxy) is 1. The van der Waals surface area contributed by atoms with Gasteiger partial charge in [-0.1, -0.05) is 24.3 Å². The van der Waals surface area contributed by atoms with Crippen LogP contribution in [0.1, 0.15) is 0 Å². The lowest BCUT2D eigenvalue weighted by atomic mass is 10.2. The van der Waals surface area contributed by atoms with Crippen LogP contribution in [0.25, 0.3) is 0 Å². The first-order valence-electron chi connectivity index (χ1n) is 6.72. The summed E-state index contributed by atoms with van der Waals surface area (Å²) in [7, 11) is 0. The Morgan fingerprint density at radius 1 is 1.18 bits per heavy atom. The molecule has 112 valence electrons. The second kappa shape index (κ2) is 6.35. The summed E-state index contributed by atoms with van der Waals surface area (Å²) in [6, 6.07) is 14.7. The van der Waals surface area contributed by atoms with E-state index in [9.17, 15) is 9.59 Å². The zero-order chi connectivity index (χ0) is 15.5. The normalized spacial score (nSPS) is 13.3. The molecule has 6 heteroatoms. The van der Waals surface area contributed by atoms with Crippen LogP contribution >= 0.6 is 22.6 Å². The lowest BCUT2D eigenvalue weighted by molar-refractivity contribution is -0.123. The lowest BCUT2D eigenvalue weighted by Gasteiger charge is -2.29. The Labute approximate surface area is 141 Å². The second-order valence-electron chi connectivity index (χ2n) is 4.76. The Morgan fingerprint density at radius 3 is 2.73 bits per heavy atom. The Kier molecular flexibility index (Phi) is 4.28. The number of nitrogens with zero attached hydrogens (tertiary/aromatic N) is 1. The van der Waals surface area contributed by atoms with Crippen LogP contribution in [0.2, 0.25) is 0 Å². The molecule has 0 saturated heterocycles. The third-order valence-electron chi connectivity index (χ3n) is 3.26. The maximum Gasteiger partial charge on any atom is 0.265 e. The van der Waals surface area contributed by atoms with Crippen LogP contribution in [0.5, 0.6) is 5.75 Å². The van der Waals surface area contributed by atoms with E-state index in [1.807, 2.05) is 36.4 Å². The molecular weight excluding hydrogens is 395 g/mol. The van der Waals surface area contributed by atoms with Crippen LogP contribution in [0.3, 0.4) is 0 Å². The van der Waals surface area contributed by atoms with Crippen molar-refractivity contribution in [2.45, 2.75) is 0 Å². The molecule has 0 unspecified atom stereocenters. The number of anilines is 2. The number of hydrogen-bond donors (Lipinski definition) is 1. The minimum atomic E-state index is -0.248. The van der Waals surface area contributed by atoms with Crippen molar-refractivity contribution in [3.63, 3.8) is 0 Å². The standard InChI is InChI=1S/C16H13IN2O3/c17-11-5-1-4-8-14(11)22-10-16(21)19-9-15(20)18-12-6-2-3-7-13(12)19/h1-8H,9-10H2,(H,18,20). The number of carbonyl (C=O) groups is 2. The zero-order valence-electron chi connectivity index (χ0n) is 11.6.